The molecule has 0 spiro atoms. The topological polar surface area (TPSA) is 95.5 Å². The number of hydrogen-bond acceptors (Lipinski definition) is 4. The van der Waals surface area contributed by atoms with E-state index in [9.17, 15) is 14.4 Å². The van der Waals surface area contributed by atoms with Crippen molar-refractivity contribution in [2.24, 2.45) is 0 Å². The van der Waals surface area contributed by atoms with Gasteiger partial charge in [-0.1, -0.05) is 0 Å². The SMILES string of the molecule is CC(NC(=O)c1ccc(Br)s1)C(=O)NC1(C(=O)O)CC1. The molecule has 1 aliphatic rings. The van der Waals surface area contributed by atoms with E-state index < -0.39 is 23.5 Å². The molecule has 1 atom stereocenters. The number of aliphatic carboxylic acids is 1. The van der Waals surface area contributed by atoms with Gasteiger partial charge in [-0.25, -0.2) is 4.79 Å². The van der Waals surface area contributed by atoms with E-state index in [1.807, 2.05) is 0 Å². The number of thiophene rings is 1. The molecule has 0 bridgehead atoms. The number of hydrogen-bond donors (Lipinski definition) is 3. The minimum absolute atomic E-state index is 0.358. The molecule has 2 amide bonds. The summed E-state index contributed by atoms with van der Waals surface area (Å²) < 4.78 is 0.822. The molecule has 1 heterocycles. The van der Waals surface area contributed by atoms with Crippen molar-refractivity contribution in [3.8, 4) is 0 Å². The Morgan fingerprint density at radius 1 is 1.40 bits per heavy atom. The zero-order valence-electron chi connectivity index (χ0n) is 10.6. The Labute approximate surface area is 127 Å². The van der Waals surface area contributed by atoms with Crippen molar-refractivity contribution < 1.29 is 19.5 Å². The molecule has 20 heavy (non-hydrogen) atoms. The summed E-state index contributed by atoms with van der Waals surface area (Å²) in [6.45, 7) is 1.52. The number of carbonyl (C=O) groups is 3. The fourth-order valence-corrected chi connectivity index (χ4v) is 2.92. The summed E-state index contributed by atoms with van der Waals surface area (Å²) in [6.07, 6.45) is 0.846. The average Bonchev–Trinajstić information content (AvgIpc) is 3.03. The van der Waals surface area contributed by atoms with Crippen LogP contribution in [0.15, 0.2) is 15.9 Å². The lowest BCUT2D eigenvalue weighted by Gasteiger charge is -2.17. The van der Waals surface area contributed by atoms with Crippen LogP contribution in [0.5, 0.6) is 0 Å². The highest BCUT2D eigenvalue weighted by atomic mass is 79.9. The van der Waals surface area contributed by atoms with Gasteiger partial charge < -0.3 is 15.7 Å². The summed E-state index contributed by atoms with van der Waals surface area (Å²) in [5.41, 5.74) is -1.14. The third kappa shape index (κ3) is 3.18. The molecule has 8 heteroatoms. The molecule has 108 valence electrons. The molecule has 0 radical (unpaired) electrons. The van der Waals surface area contributed by atoms with Gasteiger partial charge in [0.25, 0.3) is 5.91 Å². The van der Waals surface area contributed by atoms with Gasteiger partial charge in [-0.2, -0.15) is 0 Å². The summed E-state index contributed by atoms with van der Waals surface area (Å²) in [7, 11) is 0. The van der Waals surface area contributed by atoms with E-state index >= 15 is 0 Å². The molecule has 6 nitrogen and oxygen atoms in total. The highest BCUT2D eigenvalue weighted by molar-refractivity contribution is 9.11. The number of rotatable bonds is 5. The van der Waals surface area contributed by atoms with Gasteiger partial charge >= 0.3 is 5.97 Å². The molecule has 1 fully saturated rings. The second-order valence-corrected chi connectivity index (χ2v) is 7.14. The fraction of sp³-hybridized carbons (Fsp3) is 0.417. The first-order chi connectivity index (χ1) is 9.34. The summed E-state index contributed by atoms with van der Waals surface area (Å²) >= 11 is 4.51. The smallest absolute Gasteiger partial charge is 0.329 e. The third-order valence-corrected chi connectivity index (χ3v) is 4.68. The molecule has 1 aromatic heterocycles. The monoisotopic (exact) mass is 360 g/mol. The van der Waals surface area contributed by atoms with Crippen molar-refractivity contribution in [3.63, 3.8) is 0 Å². The molecule has 1 aliphatic carbocycles. The quantitative estimate of drug-likeness (QED) is 0.738. The van der Waals surface area contributed by atoms with Crippen molar-refractivity contribution in [1.82, 2.24) is 10.6 Å². The second-order valence-electron chi connectivity index (χ2n) is 4.68. The zero-order valence-corrected chi connectivity index (χ0v) is 13.0. The van der Waals surface area contributed by atoms with E-state index in [-0.39, 0.29) is 5.91 Å². The van der Waals surface area contributed by atoms with E-state index in [1.54, 1.807) is 12.1 Å². The molecule has 0 aromatic carbocycles. The Morgan fingerprint density at radius 3 is 2.50 bits per heavy atom. The normalized spacial score (nSPS) is 17.1. The highest BCUT2D eigenvalue weighted by Crippen LogP contribution is 2.35. The summed E-state index contributed by atoms with van der Waals surface area (Å²) in [5.74, 6) is -1.89. The van der Waals surface area contributed by atoms with Crippen molar-refractivity contribution in [2.75, 3.05) is 0 Å². The van der Waals surface area contributed by atoms with Crippen LogP contribution in [0.1, 0.15) is 29.4 Å². The summed E-state index contributed by atoms with van der Waals surface area (Å²) in [5, 5.41) is 14.0. The number of carbonyl (C=O) groups excluding carboxylic acids is 2. The van der Waals surface area contributed by atoms with Crippen LogP contribution in [-0.2, 0) is 9.59 Å². The summed E-state index contributed by atoms with van der Waals surface area (Å²) in [6, 6.07) is 2.60. The molecule has 1 unspecified atom stereocenters. The van der Waals surface area contributed by atoms with Gasteiger partial charge in [0.1, 0.15) is 11.6 Å². The molecule has 0 saturated heterocycles. The minimum Gasteiger partial charge on any atom is -0.480 e. The van der Waals surface area contributed by atoms with E-state index in [1.165, 1.54) is 18.3 Å². The van der Waals surface area contributed by atoms with Gasteiger partial charge in [-0.05, 0) is 47.8 Å². The summed E-state index contributed by atoms with van der Waals surface area (Å²) in [4.78, 5) is 35.2. The lowest BCUT2D eigenvalue weighted by Crippen LogP contribution is -2.51. The minimum atomic E-state index is -1.14. The number of carboxylic acids is 1. The maximum Gasteiger partial charge on any atom is 0.329 e. The Morgan fingerprint density at radius 2 is 2.05 bits per heavy atom. The van der Waals surface area contributed by atoms with Gasteiger partial charge in [-0.15, -0.1) is 11.3 Å². The van der Waals surface area contributed by atoms with Gasteiger partial charge in [-0.3, -0.25) is 9.59 Å². The zero-order chi connectivity index (χ0) is 14.9. The standard InChI is InChI=1S/C12H13BrN2O4S/c1-6(9(16)15-12(4-5-12)11(18)19)14-10(17)7-2-3-8(13)20-7/h2-3,6H,4-5H2,1H3,(H,14,17)(H,15,16)(H,18,19). The van der Waals surface area contributed by atoms with Crippen LogP contribution in [0.4, 0.5) is 0 Å². The van der Waals surface area contributed by atoms with Gasteiger partial charge in [0, 0.05) is 0 Å². The Balaban J connectivity index is 1.91. The molecule has 1 saturated carbocycles. The second kappa shape index (κ2) is 5.53. The average molecular weight is 361 g/mol. The lowest BCUT2D eigenvalue weighted by molar-refractivity contribution is -0.143. The van der Waals surface area contributed by atoms with Crippen molar-refractivity contribution in [1.29, 1.82) is 0 Å². The molecule has 2 rings (SSSR count). The maximum absolute atomic E-state index is 11.9. The Kier molecular flexibility index (Phi) is 4.14. The predicted octanol–water partition coefficient (Wildman–Crippen LogP) is 1.36. The van der Waals surface area contributed by atoms with Crippen molar-refractivity contribution >= 4 is 45.1 Å². The van der Waals surface area contributed by atoms with Crippen LogP contribution >= 0.6 is 27.3 Å². The van der Waals surface area contributed by atoms with Gasteiger partial charge in [0.15, 0.2) is 0 Å². The Hall–Kier alpha value is -1.41. The van der Waals surface area contributed by atoms with E-state index in [2.05, 4.69) is 26.6 Å². The Bertz CT molecular complexity index is 568. The lowest BCUT2D eigenvalue weighted by atomic mass is 10.2. The van der Waals surface area contributed by atoms with E-state index in [4.69, 9.17) is 5.11 Å². The molecule has 3 N–H and O–H groups in total. The maximum atomic E-state index is 11.9. The first-order valence-electron chi connectivity index (χ1n) is 5.96. The van der Waals surface area contributed by atoms with Crippen LogP contribution < -0.4 is 10.6 Å². The molecule has 1 aromatic rings. The molecular formula is C12H13BrN2O4S. The highest BCUT2D eigenvalue weighted by Gasteiger charge is 2.52. The third-order valence-electron chi connectivity index (χ3n) is 3.06. The van der Waals surface area contributed by atoms with Gasteiger partial charge in [0.2, 0.25) is 5.91 Å². The molecular weight excluding hydrogens is 348 g/mol. The van der Waals surface area contributed by atoms with Crippen molar-refractivity contribution in [2.45, 2.75) is 31.3 Å². The van der Waals surface area contributed by atoms with Crippen LogP contribution in [-0.4, -0.2) is 34.5 Å². The van der Waals surface area contributed by atoms with Gasteiger partial charge in [0.05, 0.1) is 8.66 Å². The number of carboxylic acid groups (broad SMARTS) is 1. The van der Waals surface area contributed by atoms with Crippen LogP contribution in [0, 0.1) is 0 Å². The van der Waals surface area contributed by atoms with Crippen molar-refractivity contribution in [3.05, 3.63) is 20.8 Å². The molecule has 0 aliphatic heterocycles. The number of nitrogens with one attached hydrogen (secondary N) is 2. The number of halogens is 1. The van der Waals surface area contributed by atoms with E-state index in [0.29, 0.717) is 17.7 Å². The van der Waals surface area contributed by atoms with E-state index in [0.717, 1.165) is 3.79 Å². The fourth-order valence-electron chi connectivity index (χ4n) is 1.63. The first-order valence-corrected chi connectivity index (χ1v) is 7.57. The largest absolute Gasteiger partial charge is 0.480 e. The predicted molar refractivity (Wildman–Crippen MR) is 76.7 cm³/mol. The van der Waals surface area contributed by atoms with Crippen LogP contribution in [0.25, 0.3) is 0 Å². The van der Waals surface area contributed by atoms with Crippen LogP contribution in [0.3, 0.4) is 0 Å². The number of amides is 2. The van der Waals surface area contributed by atoms with Crippen LogP contribution in [0.2, 0.25) is 0 Å². The first kappa shape index (κ1) is 15.0.